The van der Waals surface area contributed by atoms with Crippen molar-refractivity contribution in [2.45, 2.75) is 39.2 Å². The molecule has 0 spiro atoms. The number of aromatic nitrogens is 2. The van der Waals surface area contributed by atoms with Crippen LogP contribution in [0.1, 0.15) is 58.6 Å². The fraction of sp³-hybridized carbons (Fsp3) is 0.333. The van der Waals surface area contributed by atoms with E-state index in [0.717, 1.165) is 16.8 Å². The van der Waals surface area contributed by atoms with Crippen molar-refractivity contribution in [3.05, 3.63) is 58.4 Å². The van der Waals surface area contributed by atoms with Crippen LogP contribution >= 0.6 is 0 Å². The summed E-state index contributed by atoms with van der Waals surface area (Å²) in [6.45, 7) is 6.23. The average molecular weight is 379 g/mol. The van der Waals surface area contributed by atoms with Crippen molar-refractivity contribution in [2.75, 3.05) is 6.54 Å². The molecule has 1 aromatic carbocycles. The lowest BCUT2D eigenvalue weighted by Crippen LogP contribution is -2.40. The number of rotatable bonds is 3. The summed E-state index contributed by atoms with van der Waals surface area (Å²) in [7, 11) is 0. The predicted octanol–water partition coefficient (Wildman–Crippen LogP) is 3.48. The van der Waals surface area contributed by atoms with Gasteiger partial charge >= 0.3 is 5.97 Å². The molecule has 0 radical (unpaired) electrons. The minimum atomic E-state index is -0.936. The molecule has 3 heterocycles. The largest absolute Gasteiger partial charge is 0.481 e. The minimum absolute atomic E-state index is 0.107. The number of carboxylic acid groups (broad SMARTS) is 1. The first-order chi connectivity index (χ1) is 13.4. The molecule has 1 unspecified atom stereocenters. The summed E-state index contributed by atoms with van der Waals surface area (Å²) in [5, 5.41) is 14.2. The van der Waals surface area contributed by atoms with E-state index in [4.69, 9.17) is 4.52 Å². The van der Waals surface area contributed by atoms with Crippen molar-refractivity contribution in [1.82, 2.24) is 15.0 Å². The van der Waals surface area contributed by atoms with Crippen LogP contribution in [-0.2, 0) is 11.3 Å². The summed E-state index contributed by atoms with van der Waals surface area (Å²) >= 11 is 0. The summed E-state index contributed by atoms with van der Waals surface area (Å²) in [5.41, 5.74) is 3.73. The van der Waals surface area contributed by atoms with Gasteiger partial charge in [0, 0.05) is 18.8 Å². The zero-order valence-corrected chi connectivity index (χ0v) is 16.0. The van der Waals surface area contributed by atoms with Gasteiger partial charge in [-0.2, -0.15) is 0 Å². The summed E-state index contributed by atoms with van der Waals surface area (Å²) in [4.78, 5) is 31.3. The van der Waals surface area contributed by atoms with Gasteiger partial charge in [-0.3, -0.25) is 9.59 Å². The lowest BCUT2D eigenvalue weighted by Gasteiger charge is -2.33. The van der Waals surface area contributed by atoms with Crippen LogP contribution in [0.25, 0.3) is 11.1 Å². The number of nitrogens with zero attached hydrogens (tertiary/aromatic N) is 3. The first-order valence-corrected chi connectivity index (χ1v) is 9.23. The van der Waals surface area contributed by atoms with Gasteiger partial charge in [-0.05, 0) is 30.0 Å². The van der Waals surface area contributed by atoms with Crippen molar-refractivity contribution >= 4 is 23.0 Å². The number of pyridine rings is 1. The topological polar surface area (TPSA) is 96.5 Å². The Labute approximate surface area is 162 Å². The fourth-order valence-corrected chi connectivity index (χ4v) is 3.72. The zero-order chi connectivity index (χ0) is 20.0. The van der Waals surface area contributed by atoms with Crippen LogP contribution in [0, 0.1) is 6.92 Å². The Kier molecular flexibility index (Phi) is 4.37. The molecule has 2 aromatic heterocycles. The lowest BCUT2D eigenvalue weighted by atomic mass is 9.89. The maximum absolute atomic E-state index is 13.5. The molecule has 7 heteroatoms. The smallest absolute Gasteiger partial charge is 0.312 e. The number of fused-ring (bicyclic) bond motifs is 2. The second-order valence-corrected chi connectivity index (χ2v) is 7.47. The number of amides is 1. The van der Waals surface area contributed by atoms with Crippen molar-refractivity contribution in [1.29, 1.82) is 0 Å². The standard InChI is InChI=1S/C21H21N3O4/c1-11(2)17-8-15(18-12(3)23-28-19(18)22-17)20(25)24-9-13-6-4-5-7-14(13)16(10-24)21(26)27/h4-8,11,16H,9-10H2,1-3H3,(H,26,27). The van der Waals surface area contributed by atoms with E-state index >= 15 is 0 Å². The minimum Gasteiger partial charge on any atom is -0.481 e. The van der Waals surface area contributed by atoms with E-state index in [0.29, 0.717) is 28.9 Å². The van der Waals surface area contributed by atoms with Crippen molar-refractivity contribution < 1.29 is 19.2 Å². The highest BCUT2D eigenvalue weighted by molar-refractivity contribution is 6.06. The van der Waals surface area contributed by atoms with Crippen LogP contribution in [0.4, 0.5) is 0 Å². The Balaban J connectivity index is 1.80. The number of carbonyl (C=O) groups is 2. The predicted molar refractivity (Wildman–Crippen MR) is 102 cm³/mol. The molecule has 3 aromatic rings. The Hall–Kier alpha value is -3.22. The molecule has 1 N–H and O–H groups in total. The van der Waals surface area contributed by atoms with E-state index in [2.05, 4.69) is 10.1 Å². The van der Waals surface area contributed by atoms with Gasteiger partial charge in [0.05, 0.1) is 22.6 Å². The van der Waals surface area contributed by atoms with Crippen LogP contribution < -0.4 is 0 Å². The number of aryl methyl sites for hydroxylation is 1. The van der Waals surface area contributed by atoms with Gasteiger partial charge in [-0.15, -0.1) is 0 Å². The van der Waals surface area contributed by atoms with Gasteiger partial charge in [0.2, 0.25) is 0 Å². The second kappa shape index (κ2) is 6.74. The molecule has 1 aliphatic heterocycles. The normalized spacial score (nSPS) is 16.4. The van der Waals surface area contributed by atoms with E-state index in [-0.39, 0.29) is 18.4 Å². The average Bonchev–Trinajstić information content (AvgIpc) is 3.06. The summed E-state index contributed by atoms with van der Waals surface area (Å²) in [5.74, 6) is -1.82. The van der Waals surface area contributed by atoms with Gasteiger partial charge in [0.25, 0.3) is 11.6 Å². The molecule has 1 amide bonds. The van der Waals surface area contributed by atoms with Crippen molar-refractivity contribution in [2.24, 2.45) is 0 Å². The van der Waals surface area contributed by atoms with E-state index < -0.39 is 11.9 Å². The number of hydrogen-bond donors (Lipinski definition) is 1. The number of carboxylic acids is 1. The molecular formula is C21H21N3O4. The Morgan fingerprint density at radius 2 is 2.04 bits per heavy atom. The molecule has 0 saturated carbocycles. The first-order valence-electron chi connectivity index (χ1n) is 9.23. The van der Waals surface area contributed by atoms with Gasteiger partial charge in [-0.25, -0.2) is 4.98 Å². The first kappa shape index (κ1) is 18.2. The van der Waals surface area contributed by atoms with Crippen LogP contribution in [0.5, 0.6) is 0 Å². The third kappa shape index (κ3) is 2.93. The summed E-state index contributed by atoms with van der Waals surface area (Å²) in [6.07, 6.45) is 0. The maximum Gasteiger partial charge on any atom is 0.312 e. The van der Waals surface area contributed by atoms with Crippen LogP contribution in [-0.4, -0.2) is 38.6 Å². The molecule has 0 bridgehead atoms. The van der Waals surface area contributed by atoms with Crippen molar-refractivity contribution in [3.63, 3.8) is 0 Å². The highest BCUT2D eigenvalue weighted by Gasteiger charge is 2.34. The molecular weight excluding hydrogens is 358 g/mol. The Bertz CT molecular complexity index is 1090. The fourth-order valence-electron chi connectivity index (χ4n) is 3.72. The Morgan fingerprint density at radius 3 is 2.75 bits per heavy atom. The van der Waals surface area contributed by atoms with Gasteiger partial charge in [-0.1, -0.05) is 43.3 Å². The SMILES string of the molecule is Cc1noc2nc(C(C)C)cc(C(=O)N3Cc4ccccc4C(C(=O)O)C3)c12. The molecule has 7 nitrogen and oxygen atoms in total. The van der Waals surface area contributed by atoms with Gasteiger partial charge in [0.1, 0.15) is 0 Å². The van der Waals surface area contributed by atoms with E-state index in [9.17, 15) is 14.7 Å². The van der Waals surface area contributed by atoms with E-state index in [1.165, 1.54) is 0 Å². The number of aliphatic carboxylic acids is 1. The monoisotopic (exact) mass is 379 g/mol. The van der Waals surface area contributed by atoms with Gasteiger partial charge in [0.15, 0.2) is 0 Å². The highest BCUT2D eigenvalue weighted by atomic mass is 16.5. The maximum atomic E-state index is 13.5. The second-order valence-electron chi connectivity index (χ2n) is 7.47. The van der Waals surface area contributed by atoms with Crippen molar-refractivity contribution in [3.8, 4) is 0 Å². The third-order valence-corrected chi connectivity index (χ3v) is 5.24. The summed E-state index contributed by atoms with van der Waals surface area (Å²) in [6, 6.07) is 9.15. The molecule has 1 atom stereocenters. The van der Waals surface area contributed by atoms with Crippen LogP contribution in [0.2, 0.25) is 0 Å². The quantitative estimate of drug-likeness (QED) is 0.748. The highest BCUT2D eigenvalue weighted by Crippen LogP contribution is 2.32. The molecule has 1 aliphatic rings. The summed E-state index contributed by atoms with van der Waals surface area (Å²) < 4.78 is 5.31. The lowest BCUT2D eigenvalue weighted by molar-refractivity contribution is -0.139. The number of carbonyl (C=O) groups excluding carboxylic acids is 1. The molecule has 28 heavy (non-hydrogen) atoms. The molecule has 0 fully saturated rings. The van der Waals surface area contributed by atoms with Gasteiger partial charge < -0.3 is 14.5 Å². The molecule has 0 aliphatic carbocycles. The molecule has 4 rings (SSSR count). The van der Waals surface area contributed by atoms with E-state index in [1.807, 2.05) is 38.1 Å². The van der Waals surface area contributed by atoms with E-state index in [1.54, 1.807) is 17.9 Å². The molecule has 144 valence electrons. The Morgan fingerprint density at radius 1 is 1.29 bits per heavy atom. The molecule has 0 saturated heterocycles. The zero-order valence-electron chi connectivity index (χ0n) is 16.0. The number of hydrogen-bond acceptors (Lipinski definition) is 5. The third-order valence-electron chi connectivity index (χ3n) is 5.24. The number of benzene rings is 1. The van der Waals surface area contributed by atoms with Crippen LogP contribution in [0.15, 0.2) is 34.9 Å². The van der Waals surface area contributed by atoms with Crippen LogP contribution in [0.3, 0.4) is 0 Å².